The van der Waals surface area contributed by atoms with Crippen molar-refractivity contribution >= 4 is 0 Å². The van der Waals surface area contributed by atoms with Crippen LogP contribution in [0.15, 0.2) is 24.3 Å². The SMILES string of the molecule is C=CCOC/C=C(\C)CC[C@H]1O[C@]1(C)CO. The molecule has 3 nitrogen and oxygen atoms in total. The molecule has 2 atom stereocenters. The smallest absolute Gasteiger partial charge is 0.115 e. The number of aliphatic hydroxyl groups is 1. The van der Waals surface area contributed by atoms with Gasteiger partial charge in [0.05, 0.1) is 25.9 Å². The third-order valence-corrected chi connectivity index (χ3v) is 2.94. The minimum atomic E-state index is -0.278. The Bertz CT molecular complexity index is 260. The summed E-state index contributed by atoms with van der Waals surface area (Å²) in [7, 11) is 0. The standard InChI is InChI=1S/C13H22O3/c1-4-8-15-9-7-11(2)5-6-12-13(3,10-14)16-12/h4,7,12,14H,1,5-6,8-10H2,2-3H3/b11-7+/t12-,13-/m1/s1. The number of rotatable bonds is 8. The summed E-state index contributed by atoms with van der Waals surface area (Å²) in [6.07, 6.45) is 6.02. The van der Waals surface area contributed by atoms with Crippen LogP contribution in [-0.2, 0) is 9.47 Å². The molecule has 1 N–H and O–H groups in total. The van der Waals surface area contributed by atoms with Crippen LogP contribution in [0.4, 0.5) is 0 Å². The lowest BCUT2D eigenvalue weighted by molar-refractivity contribution is 0.184. The summed E-state index contributed by atoms with van der Waals surface area (Å²) >= 11 is 0. The van der Waals surface area contributed by atoms with Crippen LogP contribution in [0.3, 0.4) is 0 Å². The molecular weight excluding hydrogens is 204 g/mol. The zero-order chi connectivity index (χ0) is 12.0. The Morgan fingerprint density at radius 3 is 2.88 bits per heavy atom. The highest BCUT2D eigenvalue weighted by molar-refractivity contribution is 5.04. The summed E-state index contributed by atoms with van der Waals surface area (Å²) in [6, 6.07) is 0. The number of allylic oxidation sites excluding steroid dienone is 1. The number of hydrogen-bond donors (Lipinski definition) is 1. The first-order valence-corrected chi connectivity index (χ1v) is 5.75. The minimum absolute atomic E-state index is 0.114. The maximum absolute atomic E-state index is 9.03. The summed E-state index contributed by atoms with van der Waals surface area (Å²) in [5, 5.41) is 9.03. The quantitative estimate of drug-likeness (QED) is 0.391. The molecule has 0 unspecified atom stereocenters. The first kappa shape index (κ1) is 13.4. The summed E-state index contributed by atoms with van der Waals surface area (Å²) in [4.78, 5) is 0. The zero-order valence-corrected chi connectivity index (χ0v) is 10.2. The lowest BCUT2D eigenvalue weighted by Crippen LogP contribution is -2.15. The van der Waals surface area contributed by atoms with Crippen LogP contribution in [0.5, 0.6) is 0 Å². The average molecular weight is 226 g/mol. The fourth-order valence-electron chi connectivity index (χ4n) is 1.61. The maximum atomic E-state index is 9.03. The van der Waals surface area contributed by atoms with Gasteiger partial charge in [-0.05, 0) is 26.7 Å². The number of ether oxygens (including phenoxy) is 2. The second-order valence-corrected chi connectivity index (χ2v) is 4.49. The lowest BCUT2D eigenvalue weighted by atomic mass is 10.0. The van der Waals surface area contributed by atoms with Crippen LogP contribution in [0.1, 0.15) is 26.7 Å². The fraction of sp³-hybridized carbons (Fsp3) is 0.692. The van der Waals surface area contributed by atoms with E-state index in [1.54, 1.807) is 6.08 Å². The lowest BCUT2D eigenvalue weighted by Gasteiger charge is -2.02. The average Bonchev–Trinajstić information content (AvgIpc) is 2.94. The van der Waals surface area contributed by atoms with Crippen molar-refractivity contribution in [2.75, 3.05) is 19.8 Å². The van der Waals surface area contributed by atoms with E-state index >= 15 is 0 Å². The highest BCUT2D eigenvalue weighted by Crippen LogP contribution is 2.39. The van der Waals surface area contributed by atoms with Gasteiger partial charge in [-0.1, -0.05) is 17.7 Å². The number of hydrogen-bond acceptors (Lipinski definition) is 3. The van der Waals surface area contributed by atoms with Crippen LogP contribution in [0.2, 0.25) is 0 Å². The molecule has 0 aromatic rings. The topological polar surface area (TPSA) is 42.0 Å². The maximum Gasteiger partial charge on any atom is 0.115 e. The molecule has 92 valence electrons. The predicted octanol–water partition coefficient (Wildman–Crippen LogP) is 2.07. The van der Waals surface area contributed by atoms with Crippen LogP contribution in [0.25, 0.3) is 0 Å². The molecule has 0 saturated carbocycles. The summed E-state index contributed by atoms with van der Waals surface area (Å²) in [6.45, 7) is 8.97. The van der Waals surface area contributed by atoms with Gasteiger partial charge in [-0.25, -0.2) is 0 Å². The molecule has 1 aliphatic rings. The van der Waals surface area contributed by atoms with E-state index < -0.39 is 0 Å². The molecule has 1 heterocycles. The largest absolute Gasteiger partial charge is 0.393 e. The second-order valence-electron chi connectivity index (χ2n) is 4.49. The summed E-state index contributed by atoms with van der Waals surface area (Å²) < 4.78 is 10.7. The van der Waals surface area contributed by atoms with Crippen molar-refractivity contribution in [3.8, 4) is 0 Å². The van der Waals surface area contributed by atoms with E-state index in [9.17, 15) is 0 Å². The Balaban J connectivity index is 2.11. The molecule has 0 aromatic carbocycles. The van der Waals surface area contributed by atoms with Gasteiger partial charge < -0.3 is 14.6 Å². The molecule has 0 bridgehead atoms. The van der Waals surface area contributed by atoms with E-state index in [0.717, 1.165) is 12.8 Å². The van der Waals surface area contributed by atoms with E-state index in [-0.39, 0.29) is 18.3 Å². The molecule has 0 aliphatic carbocycles. The van der Waals surface area contributed by atoms with Crippen molar-refractivity contribution in [3.63, 3.8) is 0 Å². The van der Waals surface area contributed by atoms with Crippen molar-refractivity contribution in [2.24, 2.45) is 0 Å². The van der Waals surface area contributed by atoms with Gasteiger partial charge in [-0.2, -0.15) is 0 Å². The normalized spacial score (nSPS) is 29.2. The highest BCUT2D eigenvalue weighted by Gasteiger charge is 2.50. The van der Waals surface area contributed by atoms with E-state index in [0.29, 0.717) is 13.2 Å². The molecule has 1 saturated heterocycles. The number of aliphatic hydroxyl groups excluding tert-OH is 1. The minimum Gasteiger partial charge on any atom is -0.393 e. The predicted molar refractivity (Wildman–Crippen MR) is 64.4 cm³/mol. The molecule has 1 fully saturated rings. The van der Waals surface area contributed by atoms with Gasteiger partial charge in [0.25, 0.3) is 0 Å². The molecule has 16 heavy (non-hydrogen) atoms. The van der Waals surface area contributed by atoms with Gasteiger partial charge in [-0.15, -0.1) is 6.58 Å². The van der Waals surface area contributed by atoms with Crippen LogP contribution in [0, 0.1) is 0 Å². The van der Waals surface area contributed by atoms with E-state index in [4.69, 9.17) is 14.6 Å². The third kappa shape index (κ3) is 4.08. The van der Waals surface area contributed by atoms with E-state index in [1.165, 1.54) is 5.57 Å². The zero-order valence-electron chi connectivity index (χ0n) is 10.2. The van der Waals surface area contributed by atoms with Crippen LogP contribution >= 0.6 is 0 Å². The van der Waals surface area contributed by atoms with Crippen LogP contribution < -0.4 is 0 Å². The van der Waals surface area contributed by atoms with E-state index in [1.807, 2.05) is 6.92 Å². The molecule has 0 radical (unpaired) electrons. The first-order valence-electron chi connectivity index (χ1n) is 5.75. The van der Waals surface area contributed by atoms with Crippen molar-refractivity contribution < 1.29 is 14.6 Å². The molecule has 0 spiro atoms. The van der Waals surface area contributed by atoms with Gasteiger partial charge in [0.1, 0.15) is 5.60 Å². The monoisotopic (exact) mass is 226 g/mol. The Labute approximate surface area is 97.8 Å². The van der Waals surface area contributed by atoms with Crippen molar-refractivity contribution in [1.29, 1.82) is 0 Å². The molecular formula is C13H22O3. The molecule has 3 heteroatoms. The Hall–Kier alpha value is -0.640. The highest BCUT2D eigenvalue weighted by atomic mass is 16.6. The molecule has 1 rings (SSSR count). The Kier molecular flexibility index (Phi) is 5.19. The third-order valence-electron chi connectivity index (χ3n) is 2.94. The van der Waals surface area contributed by atoms with Crippen molar-refractivity contribution in [1.82, 2.24) is 0 Å². The van der Waals surface area contributed by atoms with Gasteiger partial charge in [0, 0.05) is 0 Å². The Morgan fingerprint density at radius 1 is 1.56 bits per heavy atom. The molecule has 0 aromatic heterocycles. The van der Waals surface area contributed by atoms with Gasteiger partial charge in [0.15, 0.2) is 0 Å². The Morgan fingerprint density at radius 2 is 2.31 bits per heavy atom. The van der Waals surface area contributed by atoms with Crippen molar-refractivity contribution in [3.05, 3.63) is 24.3 Å². The molecule has 0 amide bonds. The molecule has 1 aliphatic heterocycles. The number of epoxide rings is 1. The second kappa shape index (κ2) is 6.18. The van der Waals surface area contributed by atoms with Crippen molar-refractivity contribution in [2.45, 2.75) is 38.4 Å². The van der Waals surface area contributed by atoms with Gasteiger partial charge in [-0.3, -0.25) is 0 Å². The summed E-state index contributed by atoms with van der Waals surface area (Å²) in [5.74, 6) is 0. The van der Waals surface area contributed by atoms with Gasteiger partial charge >= 0.3 is 0 Å². The fourth-order valence-corrected chi connectivity index (χ4v) is 1.61. The van der Waals surface area contributed by atoms with Gasteiger partial charge in [0.2, 0.25) is 0 Å². The van der Waals surface area contributed by atoms with Crippen LogP contribution in [-0.4, -0.2) is 36.6 Å². The van der Waals surface area contributed by atoms with E-state index in [2.05, 4.69) is 19.6 Å². The first-order chi connectivity index (χ1) is 7.62. The summed E-state index contributed by atoms with van der Waals surface area (Å²) in [5.41, 5.74) is 1.03.